The Balaban J connectivity index is 0.000000547. The smallest absolute Gasteiger partial charge is 0.209 e. The topological polar surface area (TPSA) is 182 Å². The van der Waals surface area contributed by atoms with Crippen molar-refractivity contribution in [2.24, 2.45) is 0 Å². The van der Waals surface area contributed by atoms with Crippen LogP contribution in [-0.2, 0) is 19.1 Å². The molecule has 11 heteroatoms. The molecule has 25 heavy (non-hydrogen) atoms. The van der Waals surface area contributed by atoms with Gasteiger partial charge in [-0.25, -0.2) is 0 Å². The van der Waals surface area contributed by atoms with E-state index in [1.54, 1.807) is 0 Å². The molecule has 0 aromatic rings. The van der Waals surface area contributed by atoms with Gasteiger partial charge in [-0.05, 0) is 13.8 Å². The third-order valence-electron chi connectivity index (χ3n) is 3.66. The molecule has 1 aliphatic rings. The van der Waals surface area contributed by atoms with Gasteiger partial charge < -0.3 is 40.2 Å². The van der Waals surface area contributed by atoms with Gasteiger partial charge in [0.05, 0.1) is 12.7 Å². The van der Waals surface area contributed by atoms with E-state index in [1.165, 1.54) is 0 Å². The zero-order valence-corrected chi connectivity index (χ0v) is 15.2. The van der Waals surface area contributed by atoms with Crippen molar-refractivity contribution in [2.75, 3.05) is 6.61 Å². The summed E-state index contributed by atoms with van der Waals surface area (Å²) < 4.78 is 5.00. The van der Waals surface area contributed by atoms with Crippen molar-refractivity contribution >= 4 is 33.8 Å². The van der Waals surface area contributed by atoms with E-state index < -0.39 is 59.3 Å². The number of ketones is 2. The van der Waals surface area contributed by atoms with Crippen LogP contribution >= 0.6 is 15.9 Å². The highest BCUT2D eigenvalue weighted by Crippen LogP contribution is 2.33. The van der Waals surface area contributed by atoms with Gasteiger partial charge in [-0.1, -0.05) is 15.9 Å². The Bertz CT molecular complexity index is 457. The quantitative estimate of drug-likeness (QED) is 0.138. The van der Waals surface area contributed by atoms with Gasteiger partial charge in [0, 0.05) is 6.42 Å². The summed E-state index contributed by atoms with van der Waals surface area (Å²) >= 11 is 2.91. The zero-order chi connectivity index (χ0) is 19.9. The summed E-state index contributed by atoms with van der Waals surface area (Å²) in [4.78, 5) is 32.3. The van der Waals surface area contributed by atoms with Crippen molar-refractivity contribution in [1.29, 1.82) is 0 Å². The molecule has 1 aliphatic heterocycles. The van der Waals surface area contributed by atoms with Gasteiger partial charge >= 0.3 is 0 Å². The third kappa shape index (κ3) is 5.86. The number of hydrogen-bond acceptors (Lipinski definition) is 10. The van der Waals surface area contributed by atoms with E-state index >= 15 is 0 Å². The Hall–Kier alpha value is -0.790. The maximum absolute atomic E-state index is 11.3. The molecule has 0 saturated carbocycles. The number of alkyl halides is 1. The van der Waals surface area contributed by atoms with Crippen LogP contribution in [0.1, 0.15) is 20.3 Å². The highest BCUT2D eigenvalue weighted by atomic mass is 79.9. The van der Waals surface area contributed by atoms with Crippen LogP contribution in [0.15, 0.2) is 0 Å². The number of aliphatic hydroxyl groups excluding tert-OH is 5. The number of hydrogen-bond donors (Lipinski definition) is 6. The van der Waals surface area contributed by atoms with Crippen molar-refractivity contribution in [1.82, 2.24) is 0 Å². The van der Waals surface area contributed by atoms with E-state index in [9.17, 15) is 29.7 Å². The molecule has 0 spiro atoms. The second kappa shape index (κ2) is 10.4. The van der Waals surface area contributed by atoms with Gasteiger partial charge in [0.15, 0.2) is 11.6 Å². The Morgan fingerprint density at radius 2 is 1.64 bits per heavy atom. The maximum Gasteiger partial charge on any atom is 0.209 e. The molecule has 10 nitrogen and oxygen atoms in total. The number of carbonyl (C=O) groups is 3. The van der Waals surface area contributed by atoms with Crippen molar-refractivity contribution in [2.45, 2.75) is 61.4 Å². The van der Waals surface area contributed by atoms with E-state index in [0.29, 0.717) is 6.29 Å². The number of carbonyl (C=O) groups excluding carboxylic acids is 3. The molecule has 1 rings (SSSR count). The van der Waals surface area contributed by atoms with Crippen LogP contribution < -0.4 is 0 Å². The van der Waals surface area contributed by atoms with Gasteiger partial charge in [0.1, 0.15) is 35.7 Å². The van der Waals surface area contributed by atoms with Gasteiger partial charge in [-0.15, -0.1) is 0 Å². The van der Waals surface area contributed by atoms with Gasteiger partial charge in [0.2, 0.25) is 5.60 Å². The second-order valence-electron chi connectivity index (χ2n) is 5.49. The Morgan fingerprint density at radius 3 is 1.92 bits per heavy atom. The molecule has 0 aliphatic carbocycles. The molecular weight excluding hydrogens is 408 g/mol. The number of aliphatic hydroxyl groups is 6. The predicted octanol–water partition coefficient (Wildman–Crippen LogP) is -2.97. The van der Waals surface area contributed by atoms with Crippen LogP contribution in [0.5, 0.6) is 0 Å². The summed E-state index contributed by atoms with van der Waals surface area (Å²) in [5.74, 6) is -1.67. The van der Waals surface area contributed by atoms with Gasteiger partial charge in [-0.3, -0.25) is 9.59 Å². The van der Waals surface area contributed by atoms with Crippen LogP contribution in [-0.4, -0.2) is 96.2 Å². The Morgan fingerprint density at radius 1 is 1.16 bits per heavy atom. The number of ether oxygens (including phenoxy) is 1. The van der Waals surface area contributed by atoms with Gasteiger partial charge in [0.25, 0.3) is 0 Å². The van der Waals surface area contributed by atoms with Crippen LogP contribution in [0, 0.1) is 0 Å². The number of Topliss-reactive ketones (excluding diaryl/α,β-unsaturated/α-hetero) is 2. The van der Waals surface area contributed by atoms with Gasteiger partial charge in [-0.2, -0.15) is 0 Å². The fourth-order valence-corrected chi connectivity index (χ4v) is 2.55. The minimum absolute atomic E-state index is 0.137. The summed E-state index contributed by atoms with van der Waals surface area (Å²) in [5, 5.41) is 53.5. The standard InChI is InChI=1S/C9H13BrO6.C5H10O4/c1-3(11)9(15,4(2)12)7-5(13)6(14)8(10)16-7;6-2-1-4(8)5(9)3-7/h5-8,13-15H,1-2H3;2,4-5,7-9H,1,3H2/t5-,6+,7-,8?;4-,5+/m00/s1. The normalized spacial score (nSPS) is 28.5. The summed E-state index contributed by atoms with van der Waals surface area (Å²) in [6, 6.07) is 0. The molecule has 0 aromatic heterocycles. The lowest BCUT2D eigenvalue weighted by Crippen LogP contribution is -2.58. The maximum atomic E-state index is 11.3. The van der Waals surface area contributed by atoms with Crippen LogP contribution in [0.3, 0.4) is 0 Å². The van der Waals surface area contributed by atoms with Crippen LogP contribution in [0.4, 0.5) is 0 Å². The lowest BCUT2D eigenvalue weighted by atomic mass is 9.85. The molecule has 0 amide bonds. The Kier molecular flexibility index (Phi) is 10.1. The molecule has 1 fully saturated rings. The Labute approximate surface area is 152 Å². The van der Waals surface area contributed by atoms with E-state index in [0.717, 1.165) is 13.8 Å². The minimum Gasteiger partial charge on any atom is -0.394 e. The summed E-state index contributed by atoms with van der Waals surface area (Å²) in [6.45, 7) is 1.52. The van der Waals surface area contributed by atoms with E-state index in [1.807, 2.05) is 0 Å². The van der Waals surface area contributed by atoms with E-state index in [-0.39, 0.29) is 6.42 Å². The van der Waals surface area contributed by atoms with E-state index in [4.69, 9.17) is 20.1 Å². The number of rotatable bonds is 7. The number of aldehydes is 1. The summed E-state index contributed by atoms with van der Waals surface area (Å²) in [5.41, 5.74) is -2.43. The van der Waals surface area contributed by atoms with Crippen molar-refractivity contribution in [3.63, 3.8) is 0 Å². The van der Waals surface area contributed by atoms with Crippen molar-refractivity contribution in [3.8, 4) is 0 Å². The molecule has 0 bridgehead atoms. The molecule has 6 atom stereocenters. The largest absolute Gasteiger partial charge is 0.394 e. The SMILES string of the molecule is CC(=O)C(O)(C(C)=O)[C@H]1OC(Br)[C@H](O)[C@@H]1O.O=CC[C@H](O)[C@H](O)CO. The molecule has 0 aromatic carbocycles. The average molecular weight is 431 g/mol. The summed E-state index contributed by atoms with van der Waals surface area (Å²) in [6.07, 6.45) is -6.27. The van der Waals surface area contributed by atoms with Crippen LogP contribution in [0.2, 0.25) is 0 Å². The summed E-state index contributed by atoms with van der Waals surface area (Å²) in [7, 11) is 0. The van der Waals surface area contributed by atoms with Crippen LogP contribution in [0.25, 0.3) is 0 Å². The highest BCUT2D eigenvalue weighted by Gasteiger charge is 2.57. The fourth-order valence-electron chi connectivity index (χ4n) is 2.01. The monoisotopic (exact) mass is 430 g/mol. The molecule has 1 heterocycles. The molecule has 146 valence electrons. The first-order chi connectivity index (χ1) is 11.4. The third-order valence-corrected chi connectivity index (χ3v) is 4.42. The molecule has 1 unspecified atom stereocenters. The first kappa shape index (κ1) is 24.2. The molecule has 0 radical (unpaired) electrons. The highest BCUT2D eigenvalue weighted by molar-refractivity contribution is 9.09. The predicted molar refractivity (Wildman–Crippen MR) is 85.7 cm³/mol. The number of halogens is 1. The van der Waals surface area contributed by atoms with Crippen molar-refractivity contribution < 1.29 is 49.8 Å². The second-order valence-corrected chi connectivity index (χ2v) is 6.39. The first-order valence-corrected chi connectivity index (χ1v) is 8.17. The first-order valence-electron chi connectivity index (χ1n) is 7.25. The molecular formula is C14H23BrO10. The fraction of sp³-hybridized carbons (Fsp3) is 0.786. The minimum atomic E-state index is -2.43. The zero-order valence-electron chi connectivity index (χ0n) is 13.6. The lowest BCUT2D eigenvalue weighted by Gasteiger charge is -2.30. The average Bonchev–Trinajstić information content (AvgIpc) is 2.81. The molecule has 1 saturated heterocycles. The molecule has 6 N–H and O–H groups in total. The lowest BCUT2D eigenvalue weighted by molar-refractivity contribution is -0.168. The van der Waals surface area contributed by atoms with Crippen molar-refractivity contribution in [3.05, 3.63) is 0 Å². The van der Waals surface area contributed by atoms with E-state index in [2.05, 4.69) is 15.9 Å².